The van der Waals surface area contributed by atoms with Crippen LogP contribution < -0.4 is 5.73 Å². The van der Waals surface area contributed by atoms with Crippen molar-refractivity contribution in [3.05, 3.63) is 59.9 Å². The van der Waals surface area contributed by atoms with Crippen molar-refractivity contribution in [3.8, 4) is 0 Å². The minimum absolute atomic E-state index is 0.355. The van der Waals surface area contributed by atoms with Crippen molar-refractivity contribution in [1.29, 1.82) is 0 Å². The van der Waals surface area contributed by atoms with Crippen molar-refractivity contribution in [2.45, 2.75) is 26.4 Å². The molecule has 0 aromatic carbocycles. The maximum atomic E-state index is 11.5. The van der Waals surface area contributed by atoms with Crippen LogP contribution in [0.1, 0.15) is 20.8 Å². The van der Waals surface area contributed by atoms with Gasteiger partial charge in [0.2, 0.25) is 0 Å². The summed E-state index contributed by atoms with van der Waals surface area (Å²) in [5.41, 5.74) is 6.76. The molecule has 0 saturated heterocycles. The Morgan fingerprint density at radius 1 is 1.22 bits per heavy atom. The van der Waals surface area contributed by atoms with Crippen LogP contribution in [0.5, 0.6) is 0 Å². The second-order valence-corrected chi connectivity index (χ2v) is 4.92. The zero-order valence-electron chi connectivity index (χ0n) is 11.0. The average molecular weight is 245 g/mol. The minimum atomic E-state index is -0.473. The molecule has 0 unspecified atom stereocenters. The Morgan fingerprint density at radius 3 is 2.56 bits per heavy atom. The lowest BCUT2D eigenvalue weighted by atomic mass is 10.1. The van der Waals surface area contributed by atoms with Crippen LogP contribution in [0.2, 0.25) is 0 Å². The highest BCUT2D eigenvalue weighted by atomic mass is 16.6. The van der Waals surface area contributed by atoms with Crippen LogP contribution >= 0.6 is 0 Å². The summed E-state index contributed by atoms with van der Waals surface area (Å²) in [6, 6.07) is 0. The fraction of sp³-hybridized carbons (Fsp3) is 0.267. The van der Waals surface area contributed by atoms with Gasteiger partial charge < -0.3 is 10.5 Å². The Kier molecular flexibility index (Phi) is 4.72. The first kappa shape index (κ1) is 14.0. The Balaban J connectivity index is 2.67. The van der Waals surface area contributed by atoms with E-state index in [0.717, 1.165) is 5.57 Å². The zero-order chi connectivity index (χ0) is 13.6. The van der Waals surface area contributed by atoms with Crippen molar-refractivity contribution >= 4 is 5.97 Å². The number of rotatable bonds is 2. The van der Waals surface area contributed by atoms with Crippen LogP contribution in [-0.2, 0) is 9.53 Å². The summed E-state index contributed by atoms with van der Waals surface area (Å²) in [4.78, 5) is 11.5. The highest BCUT2D eigenvalue weighted by Gasteiger charge is 2.13. The first-order valence-corrected chi connectivity index (χ1v) is 5.80. The third-order valence-corrected chi connectivity index (χ3v) is 1.98. The van der Waals surface area contributed by atoms with Crippen molar-refractivity contribution in [3.63, 3.8) is 0 Å². The predicted octanol–water partition coefficient (Wildman–Crippen LogP) is 2.78. The molecule has 96 valence electrons. The number of carbonyl (C=O) groups excluding carboxylic acids is 1. The molecule has 0 bridgehead atoms. The number of nitrogens with two attached hydrogens (primary N) is 1. The fourth-order valence-corrected chi connectivity index (χ4v) is 1.25. The van der Waals surface area contributed by atoms with E-state index in [2.05, 4.69) is 0 Å². The summed E-state index contributed by atoms with van der Waals surface area (Å²) in [5, 5.41) is 0. The number of hydrogen-bond donors (Lipinski definition) is 1. The molecule has 1 aliphatic rings. The van der Waals surface area contributed by atoms with Crippen molar-refractivity contribution in [2.24, 2.45) is 5.73 Å². The zero-order valence-corrected chi connectivity index (χ0v) is 11.0. The molecule has 0 spiro atoms. The van der Waals surface area contributed by atoms with E-state index in [1.165, 1.54) is 6.08 Å². The summed E-state index contributed by atoms with van der Waals surface area (Å²) in [7, 11) is 0. The SMILES string of the molecule is CC(C)(C)OC(=O)/C=C/C1=CC=CC=C(N)C=C1. The van der Waals surface area contributed by atoms with Crippen LogP contribution in [0.3, 0.4) is 0 Å². The first-order chi connectivity index (χ1) is 8.37. The third-order valence-electron chi connectivity index (χ3n) is 1.98. The van der Waals surface area contributed by atoms with Gasteiger partial charge in [-0.15, -0.1) is 0 Å². The maximum absolute atomic E-state index is 11.5. The van der Waals surface area contributed by atoms with Crippen molar-refractivity contribution in [1.82, 2.24) is 0 Å². The third kappa shape index (κ3) is 5.89. The standard InChI is InChI=1S/C15H19NO2/c1-15(2,3)18-14(17)11-9-12-6-4-5-7-13(16)10-8-12/h4-11H,16H2,1-3H3/b5-4?,6-4?,7-5?,10-8?,11-9+,12-6?,12-8?,13-7?,13-10?. The van der Waals surface area contributed by atoms with E-state index in [1.54, 1.807) is 18.2 Å². The lowest BCUT2D eigenvalue weighted by molar-refractivity contribution is -0.148. The second-order valence-electron chi connectivity index (χ2n) is 4.92. The molecular formula is C15H19NO2. The van der Waals surface area contributed by atoms with Gasteiger partial charge >= 0.3 is 5.97 Å². The van der Waals surface area contributed by atoms with Gasteiger partial charge in [0, 0.05) is 11.8 Å². The molecule has 0 fully saturated rings. The van der Waals surface area contributed by atoms with E-state index < -0.39 is 5.60 Å². The molecule has 0 saturated carbocycles. The summed E-state index contributed by atoms with van der Waals surface area (Å²) in [6.07, 6.45) is 14.2. The summed E-state index contributed by atoms with van der Waals surface area (Å²) >= 11 is 0. The molecule has 1 aliphatic carbocycles. The maximum Gasteiger partial charge on any atom is 0.331 e. The van der Waals surface area contributed by atoms with Gasteiger partial charge in [-0.2, -0.15) is 0 Å². The molecule has 0 aliphatic heterocycles. The van der Waals surface area contributed by atoms with E-state index in [1.807, 2.05) is 45.1 Å². The van der Waals surface area contributed by atoms with Crippen LogP contribution in [0.25, 0.3) is 0 Å². The molecule has 18 heavy (non-hydrogen) atoms. The van der Waals surface area contributed by atoms with E-state index >= 15 is 0 Å². The van der Waals surface area contributed by atoms with Crippen LogP contribution in [-0.4, -0.2) is 11.6 Å². The van der Waals surface area contributed by atoms with Crippen molar-refractivity contribution < 1.29 is 9.53 Å². The quantitative estimate of drug-likeness (QED) is 0.601. The Labute approximate surface area is 108 Å². The van der Waals surface area contributed by atoms with Gasteiger partial charge in [0.05, 0.1) is 0 Å². The lowest BCUT2D eigenvalue weighted by Gasteiger charge is -2.17. The topological polar surface area (TPSA) is 52.3 Å². The highest BCUT2D eigenvalue weighted by Crippen LogP contribution is 2.09. The Morgan fingerprint density at radius 2 is 1.89 bits per heavy atom. The molecule has 1 rings (SSSR count). The molecule has 3 heteroatoms. The van der Waals surface area contributed by atoms with Gasteiger partial charge in [-0.3, -0.25) is 0 Å². The lowest BCUT2D eigenvalue weighted by Crippen LogP contribution is -2.22. The molecule has 0 radical (unpaired) electrons. The summed E-state index contributed by atoms with van der Waals surface area (Å²) in [6.45, 7) is 5.51. The number of hydrogen-bond acceptors (Lipinski definition) is 3. The molecule has 0 atom stereocenters. The number of allylic oxidation sites excluding steroid dienone is 8. The van der Waals surface area contributed by atoms with Crippen LogP contribution in [0, 0.1) is 0 Å². The molecular weight excluding hydrogens is 226 g/mol. The van der Waals surface area contributed by atoms with Crippen LogP contribution in [0.4, 0.5) is 0 Å². The second kappa shape index (κ2) is 6.05. The Bertz CT molecular complexity index is 457. The smallest absolute Gasteiger partial charge is 0.331 e. The van der Waals surface area contributed by atoms with E-state index in [9.17, 15) is 4.79 Å². The van der Waals surface area contributed by atoms with E-state index in [0.29, 0.717) is 5.70 Å². The Hall–Kier alpha value is -2.03. The monoisotopic (exact) mass is 245 g/mol. The van der Waals surface area contributed by atoms with E-state index in [-0.39, 0.29) is 5.97 Å². The summed E-state index contributed by atoms with van der Waals surface area (Å²) in [5.74, 6) is -0.355. The molecule has 0 aromatic rings. The highest BCUT2D eigenvalue weighted by molar-refractivity contribution is 5.83. The fourth-order valence-electron chi connectivity index (χ4n) is 1.25. The van der Waals surface area contributed by atoms with Gasteiger partial charge in [-0.25, -0.2) is 4.79 Å². The molecule has 2 N–H and O–H groups in total. The molecule has 0 amide bonds. The van der Waals surface area contributed by atoms with Gasteiger partial charge in [0.15, 0.2) is 0 Å². The predicted molar refractivity (Wildman–Crippen MR) is 73.6 cm³/mol. The normalized spacial score (nSPS) is 15.9. The van der Waals surface area contributed by atoms with E-state index in [4.69, 9.17) is 10.5 Å². The van der Waals surface area contributed by atoms with Crippen LogP contribution in [0.15, 0.2) is 59.9 Å². The minimum Gasteiger partial charge on any atom is -0.457 e. The number of esters is 1. The van der Waals surface area contributed by atoms with Gasteiger partial charge in [-0.05, 0) is 44.6 Å². The molecule has 0 heterocycles. The number of carbonyl (C=O) groups is 1. The summed E-state index contributed by atoms with van der Waals surface area (Å²) < 4.78 is 5.17. The van der Waals surface area contributed by atoms with Gasteiger partial charge in [0.1, 0.15) is 5.60 Å². The average Bonchev–Trinajstić information content (AvgIpc) is 2.20. The largest absolute Gasteiger partial charge is 0.457 e. The van der Waals surface area contributed by atoms with Gasteiger partial charge in [-0.1, -0.05) is 24.3 Å². The number of ether oxygens (including phenoxy) is 1. The molecule has 0 aromatic heterocycles. The van der Waals surface area contributed by atoms with Crippen molar-refractivity contribution in [2.75, 3.05) is 0 Å². The first-order valence-electron chi connectivity index (χ1n) is 5.80. The molecule has 3 nitrogen and oxygen atoms in total. The van der Waals surface area contributed by atoms with Gasteiger partial charge in [0.25, 0.3) is 0 Å².